The van der Waals surface area contributed by atoms with Gasteiger partial charge in [-0.05, 0) is 0 Å². The van der Waals surface area contributed by atoms with Gasteiger partial charge in [-0.15, -0.1) is 17.9 Å². The Balaban J connectivity index is 4.23. The number of nitrogens with zero attached hydrogens (tertiary/aromatic N) is 2. The second kappa shape index (κ2) is 5.25. The van der Waals surface area contributed by atoms with Crippen LogP contribution in [-0.4, -0.2) is 46.2 Å². The maximum Gasteiger partial charge on any atom is 0.119 e. The van der Waals surface area contributed by atoms with E-state index in [1.165, 1.54) is 0 Å². The van der Waals surface area contributed by atoms with Crippen molar-refractivity contribution in [3.05, 3.63) is 0 Å². The molecule has 0 aromatic carbocycles. The summed E-state index contributed by atoms with van der Waals surface area (Å²) < 4.78 is 46.8. The monoisotopic (exact) mass is 192 g/mol. The van der Waals surface area contributed by atoms with Crippen molar-refractivity contribution in [3.8, 4) is 0 Å². The normalized spacial score (nSPS) is 17.0. The first kappa shape index (κ1) is 11.6. The molecule has 0 rings (SSSR count). The van der Waals surface area contributed by atoms with Gasteiger partial charge in [-0.2, -0.15) is 0 Å². The van der Waals surface area contributed by atoms with Crippen molar-refractivity contribution in [1.82, 2.24) is 10.7 Å². The maximum atomic E-state index is 11.7. The maximum absolute atomic E-state index is 11.7. The van der Waals surface area contributed by atoms with Crippen LogP contribution in [0.25, 0.3) is 0 Å². The summed E-state index contributed by atoms with van der Waals surface area (Å²) in [5.41, 5.74) is 0. The quantitative estimate of drug-likeness (QED) is 0.469. The molecule has 12 heavy (non-hydrogen) atoms. The van der Waals surface area contributed by atoms with E-state index in [1.54, 1.807) is 0 Å². The third-order valence-corrected chi connectivity index (χ3v) is 1.32. The van der Waals surface area contributed by atoms with E-state index >= 15 is 0 Å². The molecule has 0 heterocycles. The largest absolute Gasteiger partial charge is 0.394 e. The van der Waals surface area contributed by atoms with Crippen LogP contribution in [0, 0.1) is 0 Å². The van der Waals surface area contributed by atoms with E-state index in [9.17, 15) is 17.9 Å². The molecule has 0 saturated carbocycles. The molecule has 4 nitrogen and oxygen atoms in total. The van der Waals surface area contributed by atoms with Crippen molar-refractivity contribution in [2.24, 2.45) is 0 Å². The molecule has 0 saturated heterocycles. The second-order valence-corrected chi connectivity index (χ2v) is 2.02. The zero-order valence-corrected chi connectivity index (χ0v) is 5.87. The predicted molar refractivity (Wildman–Crippen MR) is 29.9 cm³/mol. The molecule has 0 aromatic heterocycles. The number of hydrogen-bond acceptors (Lipinski definition) is 4. The summed E-state index contributed by atoms with van der Waals surface area (Å²) in [5.74, 6) is 0. The first-order valence-corrected chi connectivity index (χ1v) is 2.97. The Morgan fingerprint density at radius 2 is 1.08 bits per heavy atom. The van der Waals surface area contributed by atoms with Crippen LogP contribution >= 0.6 is 0 Å². The van der Waals surface area contributed by atoms with Gasteiger partial charge in [0.1, 0.15) is 12.1 Å². The topological polar surface area (TPSA) is 46.9 Å². The van der Waals surface area contributed by atoms with Gasteiger partial charge in [0.25, 0.3) is 0 Å². The molecule has 0 radical (unpaired) electrons. The van der Waals surface area contributed by atoms with Crippen LogP contribution in [0.1, 0.15) is 0 Å². The van der Waals surface area contributed by atoms with E-state index < -0.39 is 36.0 Å². The molecule has 0 spiro atoms. The Kier molecular flexibility index (Phi) is 5.06. The highest BCUT2D eigenvalue weighted by Gasteiger charge is 2.33. The molecule has 8 heteroatoms. The van der Waals surface area contributed by atoms with Gasteiger partial charge in [-0.3, -0.25) is 0 Å². The molecular weight excluding hydrogens is 184 g/mol. The van der Waals surface area contributed by atoms with Crippen LogP contribution in [0.15, 0.2) is 0 Å². The fraction of sp³-hybridized carbons (Fsp3) is 1.00. The Morgan fingerprint density at radius 3 is 1.17 bits per heavy atom. The van der Waals surface area contributed by atoms with Gasteiger partial charge in [0.2, 0.25) is 0 Å². The lowest BCUT2D eigenvalue weighted by Crippen LogP contribution is -2.46. The predicted octanol–water partition coefficient (Wildman–Crippen LogP) is -0.150. The van der Waals surface area contributed by atoms with Gasteiger partial charge in [0.05, 0.1) is 13.2 Å². The van der Waals surface area contributed by atoms with Gasteiger partial charge in [-0.25, -0.2) is 0 Å². The Bertz CT molecular complexity index is 112. The zero-order valence-electron chi connectivity index (χ0n) is 5.87. The summed E-state index contributed by atoms with van der Waals surface area (Å²) in [7, 11) is 0. The van der Waals surface area contributed by atoms with Crippen molar-refractivity contribution >= 4 is 0 Å². The van der Waals surface area contributed by atoms with Crippen molar-refractivity contribution in [3.63, 3.8) is 0 Å². The van der Waals surface area contributed by atoms with Crippen LogP contribution in [-0.2, 0) is 0 Å². The smallest absolute Gasteiger partial charge is 0.119 e. The fourth-order valence-corrected chi connectivity index (χ4v) is 0.627. The van der Waals surface area contributed by atoms with Crippen LogP contribution < -0.4 is 0 Å². The molecule has 2 unspecified atom stereocenters. The minimum absolute atomic E-state index is 1.16. The minimum Gasteiger partial charge on any atom is -0.394 e. The highest BCUT2D eigenvalue weighted by molar-refractivity contribution is 4.74. The molecule has 0 aliphatic rings. The standard InChI is InChI=1S/C4H8F4N2O2/c5-9(6)3(1-11)4(2-12)10(7)8/h3-4,11-12H,1-2H2. The number of halogens is 4. The lowest BCUT2D eigenvalue weighted by molar-refractivity contribution is -0.268. The Labute approximate surface area is 65.3 Å². The third kappa shape index (κ3) is 2.89. The van der Waals surface area contributed by atoms with Gasteiger partial charge >= 0.3 is 0 Å². The summed E-state index contributed by atoms with van der Waals surface area (Å²) in [6.07, 6.45) is 0. The highest BCUT2D eigenvalue weighted by atomic mass is 19.4. The molecule has 0 aromatic rings. The van der Waals surface area contributed by atoms with E-state index in [1.807, 2.05) is 0 Å². The fourth-order valence-electron chi connectivity index (χ4n) is 0.627. The van der Waals surface area contributed by atoms with Gasteiger partial charge in [-0.1, -0.05) is 0 Å². The van der Waals surface area contributed by atoms with Crippen molar-refractivity contribution in [1.29, 1.82) is 0 Å². The van der Waals surface area contributed by atoms with E-state index in [4.69, 9.17) is 10.2 Å². The van der Waals surface area contributed by atoms with E-state index in [-0.39, 0.29) is 0 Å². The van der Waals surface area contributed by atoms with Crippen LogP contribution in [0.3, 0.4) is 0 Å². The Morgan fingerprint density at radius 1 is 0.833 bits per heavy atom. The van der Waals surface area contributed by atoms with E-state index in [0.717, 1.165) is 0 Å². The van der Waals surface area contributed by atoms with Crippen LogP contribution in [0.5, 0.6) is 0 Å². The SMILES string of the molecule is OCC(C(CO)N(F)F)N(F)F. The molecule has 0 aliphatic carbocycles. The molecule has 0 aliphatic heterocycles. The summed E-state index contributed by atoms with van der Waals surface area (Å²) in [6, 6.07) is -4.19. The first-order chi connectivity index (χ1) is 5.54. The number of hydrogen-bond donors (Lipinski definition) is 2. The van der Waals surface area contributed by atoms with Crippen molar-refractivity contribution < 1.29 is 28.1 Å². The average molecular weight is 192 g/mol. The minimum atomic E-state index is -2.09. The molecule has 0 bridgehead atoms. The van der Waals surface area contributed by atoms with Gasteiger partial charge in [0.15, 0.2) is 0 Å². The van der Waals surface area contributed by atoms with Gasteiger partial charge in [0, 0.05) is 10.7 Å². The lowest BCUT2D eigenvalue weighted by Gasteiger charge is -2.22. The van der Waals surface area contributed by atoms with E-state index in [0.29, 0.717) is 0 Å². The summed E-state index contributed by atoms with van der Waals surface area (Å²) in [6.45, 7) is -2.33. The molecule has 0 fully saturated rings. The summed E-state index contributed by atoms with van der Waals surface area (Å²) >= 11 is 0. The molecule has 2 atom stereocenters. The zero-order chi connectivity index (χ0) is 9.72. The van der Waals surface area contributed by atoms with Crippen LogP contribution in [0.2, 0.25) is 0 Å². The van der Waals surface area contributed by atoms with Crippen molar-refractivity contribution in [2.45, 2.75) is 12.1 Å². The third-order valence-electron chi connectivity index (χ3n) is 1.32. The molecule has 2 N–H and O–H groups in total. The Hall–Kier alpha value is -0.440. The van der Waals surface area contributed by atoms with Crippen LogP contribution in [0.4, 0.5) is 17.9 Å². The number of aliphatic hydroxyl groups excluding tert-OH is 2. The number of aliphatic hydroxyl groups is 2. The summed E-state index contributed by atoms with van der Waals surface area (Å²) in [4.78, 5) is 0. The van der Waals surface area contributed by atoms with E-state index in [2.05, 4.69) is 0 Å². The highest BCUT2D eigenvalue weighted by Crippen LogP contribution is 2.12. The van der Waals surface area contributed by atoms with Gasteiger partial charge < -0.3 is 10.2 Å². The average Bonchev–Trinajstić information content (AvgIpc) is 1.98. The molecular formula is C4H8F4N2O2. The lowest BCUT2D eigenvalue weighted by atomic mass is 10.1. The number of rotatable bonds is 5. The van der Waals surface area contributed by atoms with Crippen molar-refractivity contribution in [2.75, 3.05) is 13.2 Å². The molecule has 0 amide bonds. The first-order valence-electron chi connectivity index (χ1n) is 2.97. The molecule has 74 valence electrons. The second-order valence-electron chi connectivity index (χ2n) is 2.02. The summed E-state index contributed by atoms with van der Waals surface area (Å²) in [5, 5.41) is 13.4.